The van der Waals surface area contributed by atoms with Crippen molar-refractivity contribution in [1.29, 1.82) is 0 Å². The van der Waals surface area contributed by atoms with Crippen molar-refractivity contribution < 1.29 is 37.1 Å². The molecule has 0 saturated heterocycles. The van der Waals surface area contributed by atoms with Crippen molar-refractivity contribution in [2.24, 2.45) is 5.92 Å². The zero-order chi connectivity index (χ0) is 35.0. The van der Waals surface area contributed by atoms with Crippen molar-refractivity contribution >= 4 is 27.5 Å². The molecule has 0 aliphatic carbocycles. The third-order valence-corrected chi connectivity index (χ3v) is 10.7. The van der Waals surface area contributed by atoms with Crippen LogP contribution in [0.15, 0.2) is 57.9 Å². The molecule has 2 N–H and O–H groups in total. The summed E-state index contributed by atoms with van der Waals surface area (Å²) in [5.74, 6) is -0.374. The number of nitrogens with one attached hydrogen (secondary N) is 1. The molecule has 0 unspecified atom stereocenters. The highest BCUT2D eigenvalue weighted by molar-refractivity contribution is 7.89. The van der Waals surface area contributed by atoms with Gasteiger partial charge in [0, 0.05) is 38.3 Å². The molecular formula is C35H48N4O8S. The highest BCUT2D eigenvalue weighted by Gasteiger charge is 2.34. The molecule has 0 radical (unpaired) electrons. The summed E-state index contributed by atoms with van der Waals surface area (Å²) in [6, 6.07) is 13.8. The number of rotatable bonds is 9. The van der Waals surface area contributed by atoms with Gasteiger partial charge in [-0.15, -0.1) is 0 Å². The minimum Gasteiger partial charge on any atom is -0.490 e. The summed E-state index contributed by atoms with van der Waals surface area (Å²) in [5, 5.41) is 16.9. The van der Waals surface area contributed by atoms with Gasteiger partial charge in [-0.25, -0.2) is 8.42 Å². The van der Waals surface area contributed by atoms with Gasteiger partial charge < -0.3 is 29.3 Å². The van der Waals surface area contributed by atoms with Crippen molar-refractivity contribution in [2.75, 3.05) is 38.7 Å². The van der Waals surface area contributed by atoms with Gasteiger partial charge in [-0.05, 0) is 70.7 Å². The van der Waals surface area contributed by atoms with Crippen LogP contribution in [-0.2, 0) is 26.0 Å². The van der Waals surface area contributed by atoms with E-state index >= 15 is 0 Å². The average Bonchev–Trinajstić information content (AvgIpc) is 3.40. The molecule has 0 fully saturated rings. The molecule has 4 rings (SSSR count). The number of likely N-dealkylation sites (N-methyl/N-ethyl adjacent to an activating group) is 1. The molecule has 12 nitrogen and oxygen atoms in total. The molecule has 2 heterocycles. The van der Waals surface area contributed by atoms with Gasteiger partial charge in [0.15, 0.2) is 5.76 Å². The van der Waals surface area contributed by atoms with E-state index in [2.05, 4.69) is 10.5 Å². The Kier molecular flexibility index (Phi) is 12.8. The van der Waals surface area contributed by atoms with E-state index in [1.54, 1.807) is 43.9 Å². The Hall–Kier alpha value is -3.78. The van der Waals surface area contributed by atoms with Crippen molar-refractivity contribution in [3.63, 3.8) is 0 Å². The maximum Gasteiger partial charge on any atom is 0.258 e. The number of amides is 2. The molecule has 0 spiro atoms. The number of aromatic nitrogens is 1. The number of nitrogens with zero attached hydrogens (tertiary/aromatic N) is 3. The molecular weight excluding hydrogens is 636 g/mol. The van der Waals surface area contributed by atoms with E-state index in [-0.39, 0.29) is 66.0 Å². The van der Waals surface area contributed by atoms with Gasteiger partial charge in [0.05, 0.1) is 36.8 Å². The molecule has 1 aliphatic heterocycles. The summed E-state index contributed by atoms with van der Waals surface area (Å²) >= 11 is 0. The lowest BCUT2D eigenvalue weighted by Gasteiger charge is -2.35. The smallest absolute Gasteiger partial charge is 0.258 e. The molecule has 0 bridgehead atoms. The molecule has 1 aliphatic rings. The predicted octanol–water partition coefficient (Wildman–Crippen LogP) is 4.59. The molecule has 4 atom stereocenters. The SMILES string of the molecule is Cc1noc(C)c1S(=O)(=O)N(C)C[C@H]1OCCCC[C@H](C)Oc2ccc(NC(=O)Cc3ccccc3)cc2C(=O)N([C@H](C)CO)C[C@@H]1C. The Morgan fingerprint density at radius 1 is 1.15 bits per heavy atom. The number of aliphatic hydroxyl groups is 1. The second-order valence-corrected chi connectivity index (χ2v) is 14.6. The van der Waals surface area contributed by atoms with Gasteiger partial charge >= 0.3 is 0 Å². The van der Waals surface area contributed by atoms with Crippen LogP contribution in [0.3, 0.4) is 0 Å². The Morgan fingerprint density at radius 2 is 1.88 bits per heavy atom. The third-order valence-electron chi connectivity index (χ3n) is 8.62. The first-order valence-electron chi connectivity index (χ1n) is 16.4. The predicted molar refractivity (Wildman–Crippen MR) is 181 cm³/mol. The number of hydrogen-bond acceptors (Lipinski definition) is 9. The van der Waals surface area contributed by atoms with Crippen molar-refractivity contribution in [2.45, 2.75) is 83.4 Å². The number of anilines is 1. The Bertz CT molecular complexity index is 1630. The molecule has 3 aromatic rings. The lowest BCUT2D eigenvalue weighted by Crippen LogP contribution is -2.48. The van der Waals surface area contributed by atoms with Crippen molar-refractivity contribution in [3.8, 4) is 5.75 Å². The maximum atomic E-state index is 14.4. The van der Waals surface area contributed by atoms with Crippen LogP contribution >= 0.6 is 0 Å². The quantitative estimate of drug-likeness (QED) is 0.330. The number of ether oxygens (including phenoxy) is 2. The van der Waals surface area contributed by atoms with E-state index < -0.39 is 28.1 Å². The first-order chi connectivity index (χ1) is 22.8. The summed E-state index contributed by atoms with van der Waals surface area (Å²) < 4.78 is 46.1. The van der Waals surface area contributed by atoms with Gasteiger partial charge in [0.1, 0.15) is 16.3 Å². The molecule has 262 valence electrons. The minimum absolute atomic E-state index is 0.0246. The van der Waals surface area contributed by atoms with Crippen LogP contribution in [0, 0.1) is 19.8 Å². The van der Waals surface area contributed by atoms with E-state index in [9.17, 15) is 23.1 Å². The van der Waals surface area contributed by atoms with E-state index in [1.807, 2.05) is 44.2 Å². The van der Waals surface area contributed by atoms with Crippen LogP contribution in [0.4, 0.5) is 5.69 Å². The number of fused-ring (bicyclic) bond motifs is 1. The highest BCUT2D eigenvalue weighted by atomic mass is 32.2. The Balaban J connectivity index is 1.64. The summed E-state index contributed by atoms with van der Waals surface area (Å²) in [7, 11) is -2.45. The van der Waals surface area contributed by atoms with E-state index in [0.717, 1.165) is 18.4 Å². The molecule has 1 aromatic heterocycles. The minimum atomic E-state index is -3.94. The number of aryl methyl sites for hydroxylation is 2. The Labute approximate surface area is 283 Å². The zero-order valence-electron chi connectivity index (χ0n) is 28.6. The third kappa shape index (κ3) is 9.22. The van der Waals surface area contributed by atoms with Crippen LogP contribution < -0.4 is 10.1 Å². The monoisotopic (exact) mass is 684 g/mol. The fraction of sp³-hybridized carbons (Fsp3) is 0.514. The fourth-order valence-corrected chi connectivity index (χ4v) is 7.27. The van der Waals surface area contributed by atoms with Gasteiger partial charge in [-0.2, -0.15) is 4.31 Å². The number of hydrogen-bond donors (Lipinski definition) is 2. The topological polar surface area (TPSA) is 152 Å². The number of carbonyl (C=O) groups is 2. The number of sulfonamides is 1. The lowest BCUT2D eigenvalue weighted by atomic mass is 10.0. The fourth-order valence-electron chi connectivity index (χ4n) is 5.80. The summed E-state index contributed by atoms with van der Waals surface area (Å²) in [6.45, 7) is 9.00. The van der Waals surface area contributed by atoms with Crippen LogP contribution in [0.5, 0.6) is 5.75 Å². The van der Waals surface area contributed by atoms with Crippen LogP contribution in [0.2, 0.25) is 0 Å². The van der Waals surface area contributed by atoms with Crippen molar-refractivity contribution in [3.05, 3.63) is 71.1 Å². The van der Waals surface area contributed by atoms with E-state index in [4.69, 9.17) is 14.0 Å². The standard InChI is InChI=1S/C35H48N4O8S/c1-23-20-39(24(2)22-40)35(42)30-19-29(36-33(41)18-28-13-8-7-9-14-28)15-16-31(30)46-25(3)12-10-11-17-45-32(23)21-38(6)48(43,44)34-26(4)37-47-27(34)5/h7-9,13-16,19,23-25,32,40H,10-12,17-18,20-22H2,1-6H3,(H,36,41)/t23-,24+,25-,32+/m0/s1. The van der Waals surface area contributed by atoms with Gasteiger partial charge in [0.25, 0.3) is 5.91 Å². The first kappa shape index (κ1) is 37.0. The second kappa shape index (κ2) is 16.6. The van der Waals surface area contributed by atoms with E-state index in [1.165, 1.54) is 11.4 Å². The maximum absolute atomic E-state index is 14.4. The molecule has 2 aromatic carbocycles. The zero-order valence-corrected chi connectivity index (χ0v) is 29.5. The molecule has 0 saturated carbocycles. The van der Waals surface area contributed by atoms with Crippen LogP contribution in [-0.4, -0.2) is 91.3 Å². The van der Waals surface area contributed by atoms with Gasteiger partial charge in [0.2, 0.25) is 15.9 Å². The first-order valence-corrected chi connectivity index (χ1v) is 17.8. The number of carbonyl (C=O) groups excluding carboxylic acids is 2. The molecule has 2 amide bonds. The van der Waals surface area contributed by atoms with Crippen molar-refractivity contribution in [1.82, 2.24) is 14.4 Å². The summed E-state index contributed by atoms with van der Waals surface area (Å²) in [5.41, 5.74) is 1.83. The van der Waals surface area contributed by atoms with Crippen LogP contribution in [0.1, 0.15) is 67.4 Å². The van der Waals surface area contributed by atoms with Gasteiger partial charge in [-0.1, -0.05) is 42.4 Å². The molecule has 13 heteroatoms. The number of aliphatic hydroxyl groups excluding tert-OH is 1. The largest absolute Gasteiger partial charge is 0.490 e. The van der Waals surface area contributed by atoms with Gasteiger partial charge in [-0.3, -0.25) is 9.59 Å². The Morgan fingerprint density at radius 3 is 2.54 bits per heavy atom. The second-order valence-electron chi connectivity index (χ2n) is 12.7. The normalized spacial score (nSPS) is 20.5. The summed E-state index contributed by atoms with van der Waals surface area (Å²) in [6.07, 6.45) is 1.59. The van der Waals surface area contributed by atoms with E-state index in [0.29, 0.717) is 24.5 Å². The highest BCUT2D eigenvalue weighted by Crippen LogP contribution is 2.29. The molecule has 48 heavy (non-hydrogen) atoms. The summed E-state index contributed by atoms with van der Waals surface area (Å²) in [4.78, 5) is 28.8. The van der Waals surface area contributed by atoms with Crippen LogP contribution in [0.25, 0.3) is 0 Å². The average molecular weight is 685 g/mol. The number of benzene rings is 2. The lowest BCUT2D eigenvalue weighted by molar-refractivity contribution is -0.115.